The molecule has 3 unspecified atom stereocenters. The maximum absolute atomic E-state index is 15.2. The molecule has 0 bridgehead atoms. The minimum Gasteiger partial charge on any atom is -0.490 e. The summed E-state index contributed by atoms with van der Waals surface area (Å²) in [6.45, 7) is 1.89. The van der Waals surface area contributed by atoms with Crippen molar-refractivity contribution >= 4 is 17.8 Å². The lowest BCUT2D eigenvalue weighted by atomic mass is 9.91. The van der Waals surface area contributed by atoms with Crippen LogP contribution in [0.1, 0.15) is 43.7 Å². The van der Waals surface area contributed by atoms with Crippen molar-refractivity contribution in [3.63, 3.8) is 0 Å². The number of nitrogens with one attached hydrogen (secondary N) is 1. The molecule has 4 amide bonds. The number of carbonyl (C=O) groups is 3. The summed E-state index contributed by atoms with van der Waals surface area (Å²) in [5.74, 6) is -3.45. The van der Waals surface area contributed by atoms with Crippen LogP contribution >= 0.6 is 0 Å². The van der Waals surface area contributed by atoms with E-state index in [9.17, 15) is 18.8 Å². The lowest BCUT2D eigenvalue weighted by molar-refractivity contribution is -0.146. The zero-order valence-electron chi connectivity index (χ0n) is 18.7. The number of barbiturate groups is 1. The molecule has 1 aromatic carbocycles. The van der Waals surface area contributed by atoms with Gasteiger partial charge in [0.2, 0.25) is 11.8 Å². The number of hydrogen-bond donors (Lipinski definition) is 2. The minimum absolute atomic E-state index is 0.0956. The molecule has 3 aliphatic heterocycles. The zero-order chi connectivity index (χ0) is 24.2. The van der Waals surface area contributed by atoms with Gasteiger partial charge in [-0.1, -0.05) is 0 Å². The summed E-state index contributed by atoms with van der Waals surface area (Å²) in [6, 6.07) is 1.27. The van der Waals surface area contributed by atoms with E-state index in [1.54, 1.807) is 0 Å². The number of urea groups is 1. The average molecular weight is 481 g/mol. The van der Waals surface area contributed by atoms with E-state index in [0.717, 1.165) is 11.0 Å². The van der Waals surface area contributed by atoms with E-state index in [4.69, 9.17) is 19.9 Å². The largest absolute Gasteiger partial charge is 0.490 e. The molecule has 3 heterocycles. The fourth-order valence-electron chi connectivity index (χ4n) is 4.53. The average Bonchev–Trinajstić information content (AvgIpc) is 2.83. The van der Waals surface area contributed by atoms with Crippen molar-refractivity contribution in [1.29, 1.82) is 0 Å². The van der Waals surface area contributed by atoms with Crippen molar-refractivity contribution < 1.29 is 37.4 Å². The van der Waals surface area contributed by atoms with Crippen molar-refractivity contribution in [3.8, 4) is 5.75 Å². The van der Waals surface area contributed by atoms with Crippen LogP contribution < -0.4 is 15.8 Å². The van der Waals surface area contributed by atoms with E-state index < -0.39 is 54.3 Å². The van der Waals surface area contributed by atoms with Crippen LogP contribution in [0.15, 0.2) is 18.2 Å². The third-order valence-corrected chi connectivity index (χ3v) is 6.51. The molecule has 0 spiro atoms. The van der Waals surface area contributed by atoms with Gasteiger partial charge in [0.1, 0.15) is 29.8 Å². The number of hydrogen-bond acceptors (Lipinski definition) is 7. The molecule has 3 N–H and O–H groups in total. The Balaban J connectivity index is 1.45. The maximum Gasteiger partial charge on any atom is 0.331 e. The molecule has 3 aliphatic rings. The first kappa shape index (κ1) is 24.5. The van der Waals surface area contributed by atoms with Gasteiger partial charge < -0.3 is 19.9 Å². The van der Waals surface area contributed by atoms with E-state index >= 15 is 4.39 Å². The third-order valence-electron chi connectivity index (χ3n) is 6.51. The van der Waals surface area contributed by atoms with Crippen molar-refractivity contribution in [3.05, 3.63) is 29.6 Å². The van der Waals surface area contributed by atoms with Gasteiger partial charge in [-0.15, -0.1) is 0 Å². The molecule has 11 heteroatoms. The van der Waals surface area contributed by atoms with Crippen molar-refractivity contribution in [2.75, 3.05) is 26.4 Å². The topological polar surface area (TPSA) is 120 Å². The normalized spacial score (nSPS) is 24.6. The van der Waals surface area contributed by atoms with Crippen LogP contribution in [0.3, 0.4) is 0 Å². The van der Waals surface area contributed by atoms with E-state index in [2.05, 4.69) is 5.32 Å². The third kappa shape index (κ3) is 5.37. The predicted molar refractivity (Wildman–Crippen MR) is 115 cm³/mol. The van der Waals surface area contributed by atoms with Crippen LogP contribution in [0.25, 0.3) is 0 Å². The van der Waals surface area contributed by atoms with Crippen LogP contribution in [0, 0.1) is 11.7 Å². The highest BCUT2D eigenvalue weighted by atomic mass is 19.1. The molecule has 0 radical (unpaired) electrons. The van der Waals surface area contributed by atoms with Crippen LogP contribution in [0.2, 0.25) is 0 Å². The van der Waals surface area contributed by atoms with Crippen LogP contribution in [0.5, 0.6) is 5.75 Å². The zero-order valence-corrected chi connectivity index (χ0v) is 18.7. The number of nitrogens with zero attached hydrogens (tertiary/aromatic N) is 1. The summed E-state index contributed by atoms with van der Waals surface area (Å²) in [5, 5.41) is 2.13. The number of nitrogens with two attached hydrogens (primary N) is 1. The van der Waals surface area contributed by atoms with Crippen molar-refractivity contribution in [2.24, 2.45) is 11.7 Å². The number of ether oxygens (including phenoxy) is 3. The molecule has 0 aromatic heterocycles. The Bertz CT molecular complexity index is 920. The maximum atomic E-state index is 15.2. The standard InChI is InChI=1S/C23H29F2N3O6/c24-18-2-1-15(34-14-5-9-33-10-6-14)11-16(18)20(26)19(25)12-17-21(29)27-23(31)28(22(17)30)13-3-7-32-8-4-13/h1-2,11,13-14,17,19-20H,3-10,12,26H2,(H,27,29,31). The Morgan fingerprint density at radius 2 is 1.74 bits per heavy atom. The summed E-state index contributed by atoms with van der Waals surface area (Å²) in [4.78, 5) is 38.6. The molecule has 34 heavy (non-hydrogen) atoms. The molecule has 3 saturated heterocycles. The fraction of sp³-hybridized carbons (Fsp3) is 0.609. The van der Waals surface area contributed by atoms with Gasteiger partial charge >= 0.3 is 6.03 Å². The van der Waals surface area contributed by atoms with Crippen molar-refractivity contribution in [1.82, 2.24) is 10.2 Å². The van der Waals surface area contributed by atoms with Gasteiger partial charge in [-0.05, 0) is 31.0 Å². The first-order valence-electron chi connectivity index (χ1n) is 11.5. The monoisotopic (exact) mass is 481 g/mol. The number of alkyl halides is 1. The Labute approximate surface area is 195 Å². The summed E-state index contributed by atoms with van der Waals surface area (Å²) < 4.78 is 46.2. The quantitative estimate of drug-likeness (QED) is 0.572. The SMILES string of the molecule is NC(c1cc(OC2CCOCC2)ccc1F)C(F)CC1C(=O)NC(=O)N(C2CCOCC2)C1=O. The Kier molecular flexibility index (Phi) is 7.74. The molecular formula is C23H29F2N3O6. The fourth-order valence-corrected chi connectivity index (χ4v) is 4.53. The molecule has 0 saturated carbocycles. The number of amides is 4. The molecular weight excluding hydrogens is 452 g/mol. The lowest BCUT2D eigenvalue weighted by Gasteiger charge is -2.37. The second-order valence-electron chi connectivity index (χ2n) is 8.79. The Morgan fingerprint density at radius 3 is 2.41 bits per heavy atom. The molecule has 3 atom stereocenters. The minimum atomic E-state index is -1.92. The summed E-state index contributed by atoms with van der Waals surface area (Å²) in [6.07, 6.45) is -0.354. The number of imide groups is 2. The van der Waals surface area contributed by atoms with Crippen molar-refractivity contribution in [2.45, 2.75) is 56.5 Å². The summed E-state index contributed by atoms with van der Waals surface area (Å²) in [5.41, 5.74) is 5.91. The van der Waals surface area contributed by atoms with Crippen LogP contribution in [-0.2, 0) is 19.1 Å². The molecule has 1 aromatic rings. The number of rotatable bonds is 7. The highest BCUT2D eigenvalue weighted by Gasteiger charge is 2.45. The second kappa shape index (κ2) is 10.7. The lowest BCUT2D eigenvalue weighted by Crippen LogP contribution is -2.62. The molecule has 186 valence electrons. The highest BCUT2D eigenvalue weighted by molar-refractivity contribution is 6.16. The summed E-state index contributed by atoms with van der Waals surface area (Å²) in [7, 11) is 0. The number of carbonyl (C=O) groups excluding carboxylic acids is 3. The van der Waals surface area contributed by atoms with E-state index in [1.165, 1.54) is 12.1 Å². The smallest absolute Gasteiger partial charge is 0.331 e. The molecule has 4 rings (SSSR count). The van der Waals surface area contributed by atoms with Gasteiger partial charge in [0, 0.05) is 44.1 Å². The highest BCUT2D eigenvalue weighted by Crippen LogP contribution is 2.31. The van der Waals surface area contributed by atoms with Crippen LogP contribution in [-0.4, -0.2) is 67.5 Å². The second-order valence-corrected chi connectivity index (χ2v) is 8.79. The number of benzene rings is 1. The number of halogens is 2. The van der Waals surface area contributed by atoms with Gasteiger partial charge in [-0.25, -0.2) is 13.6 Å². The molecule has 3 fully saturated rings. The van der Waals surface area contributed by atoms with Gasteiger partial charge in [-0.3, -0.25) is 19.8 Å². The van der Waals surface area contributed by atoms with E-state index in [0.29, 0.717) is 57.9 Å². The van der Waals surface area contributed by atoms with Gasteiger partial charge in [-0.2, -0.15) is 0 Å². The molecule has 0 aliphatic carbocycles. The van der Waals surface area contributed by atoms with Gasteiger partial charge in [0.15, 0.2) is 0 Å². The molecule has 9 nitrogen and oxygen atoms in total. The van der Waals surface area contributed by atoms with Crippen LogP contribution in [0.4, 0.5) is 13.6 Å². The summed E-state index contributed by atoms with van der Waals surface area (Å²) >= 11 is 0. The Hall–Kier alpha value is -2.63. The van der Waals surface area contributed by atoms with Gasteiger partial charge in [0.05, 0.1) is 19.3 Å². The van der Waals surface area contributed by atoms with Gasteiger partial charge in [0.25, 0.3) is 0 Å². The predicted octanol–water partition coefficient (Wildman–Crippen LogP) is 1.99. The van der Waals surface area contributed by atoms with E-state index in [1.807, 2.05) is 0 Å². The first-order chi connectivity index (χ1) is 16.3. The van der Waals surface area contributed by atoms with E-state index in [-0.39, 0.29) is 11.7 Å². The Morgan fingerprint density at radius 1 is 1.09 bits per heavy atom. The first-order valence-corrected chi connectivity index (χ1v) is 11.5.